The Morgan fingerprint density at radius 3 is 2.56 bits per heavy atom. The van der Waals surface area contributed by atoms with E-state index in [1.807, 2.05) is 50.2 Å². The third kappa shape index (κ3) is 6.27. The number of rotatable bonds is 10. The summed E-state index contributed by atoms with van der Waals surface area (Å²) in [4.78, 5) is 12.2. The number of carbonyl (C=O) groups excluding carboxylic acids is 1. The van der Waals surface area contributed by atoms with Gasteiger partial charge < -0.3 is 25.2 Å². The summed E-state index contributed by atoms with van der Waals surface area (Å²) in [5, 5.41) is 15.4. The largest absolute Gasteiger partial charge is 0.493 e. The van der Waals surface area contributed by atoms with Crippen molar-refractivity contribution in [3.05, 3.63) is 53.6 Å². The number of methoxy groups -OCH3 is 1. The van der Waals surface area contributed by atoms with Crippen molar-refractivity contribution in [2.75, 3.05) is 25.6 Å². The molecular formula is C21H28N2O4. The second-order valence-electron chi connectivity index (χ2n) is 6.32. The quantitative estimate of drug-likeness (QED) is 0.598. The number of aliphatic hydroxyl groups is 1. The predicted octanol–water partition coefficient (Wildman–Crippen LogP) is 2.88. The lowest BCUT2D eigenvalue weighted by Gasteiger charge is -2.18. The number of amides is 1. The minimum absolute atomic E-state index is 0.00823. The van der Waals surface area contributed by atoms with Gasteiger partial charge in [-0.1, -0.05) is 36.8 Å². The van der Waals surface area contributed by atoms with E-state index in [9.17, 15) is 9.90 Å². The maximum Gasteiger partial charge on any atom is 0.262 e. The Kier molecular flexibility index (Phi) is 8.10. The van der Waals surface area contributed by atoms with Crippen molar-refractivity contribution in [1.82, 2.24) is 5.32 Å². The van der Waals surface area contributed by atoms with Crippen molar-refractivity contribution in [1.29, 1.82) is 0 Å². The summed E-state index contributed by atoms with van der Waals surface area (Å²) in [7, 11) is 1.56. The van der Waals surface area contributed by atoms with E-state index < -0.39 is 0 Å². The van der Waals surface area contributed by atoms with Gasteiger partial charge in [0.05, 0.1) is 13.7 Å². The summed E-state index contributed by atoms with van der Waals surface area (Å²) >= 11 is 0. The Morgan fingerprint density at radius 2 is 1.93 bits per heavy atom. The first-order chi connectivity index (χ1) is 13.1. The number of nitrogens with one attached hydrogen (secondary N) is 2. The highest BCUT2D eigenvalue weighted by Crippen LogP contribution is 2.31. The third-order valence-electron chi connectivity index (χ3n) is 4.26. The molecule has 0 heterocycles. The second kappa shape index (κ2) is 10.5. The summed E-state index contributed by atoms with van der Waals surface area (Å²) in [5.41, 5.74) is 2.72. The molecular weight excluding hydrogens is 344 g/mol. The molecule has 0 bridgehead atoms. The summed E-state index contributed by atoms with van der Waals surface area (Å²) in [5.74, 6) is 0.847. The number of aliphatic hydroxyl groups excluding tert-OH is 1. The van der Waals surface area contributed by atoms with Crippen LogP contribution in [0.25, 0.3) is 0 Å². The van der Waals surface area contributed by atoms with Gasteiger partial charge in [-0.2, -0.15) is 0 Å². The maximum absolute atomic E-state index is 12.2. The maximum atomic E-state index is 12.2. The minimum Gasteiger partial charge on any atom is -0.493 e. The second-order valence-corrected chi connectivity index (χ2v) is 6.32. The number of para-hydroxylation sites is 1. The molecule has 0 aliphatic heterocycles. The van der Waals surface area contributed by atoms with Crippen LogP contribution in [-0.4, -0.2) is 37.4 Å². The van der Waals surface area contributed by atoms with E-state index in [-0.39, 0.29) is 25.2 Å². The van der Waals surface area contributed by atoms with Gasteiger partial charge in [-0.25, -0.2) is 0 Å². The first-order valence-electron chi connectivity index (χ1n) is 9.06. The van der Waals surface area contributed by atoms with E-state index in [1.54, 1.807) is 13.2 Å². The normalized spacial score (nSPS) is 11.7. The number of hydrogen-bond donors (Lipinski definition) is 3. The smallest absolute Gasteiger partial charge is 0.262 e. The van der Waals surface area contributed by atoms with Crippen LogP contribution in [0.2, 0.25) is 0 Å². The van der Waals surface area contributed by atoms with Crippen molar-refractivity contribution >= 4 is 11.6 Å². The molecule has 0 aliphatic carbocycles. The van der Waals surface area contributed by atoms with Gasteiger partial charge in [0.1, 0.15) is 0 Å². The van der Waals surface area contributed by atoms with Crippen LogP contribution < -0.4 is 20.1 Å². The topological polar surface area (TPSA) is 79.8 Å². The van der Waals surface area contributed by atoms with Crippen LogP contribution >= 0.6 is 0 Å². The fourth-order valence-corrected chi connectivity index (χ4v) is 2.59. The van der Waals surface area contributed by atoms with Crippen molar-refractivity contribution in [2.45, 2.75) is 32.9 Å². The van der Waals surface area contributed by atoms with Crippen LogP contribution in [0.5, 0.6) is 11.5 Å². The molecule has 0 saturated carbocycles. The average molecular weight is 372 g/mol. The molecule has 2 aromatic carbocycles. The highest BCUT2D eigenvalue weighted by atomic mass is 16.5. The molecule has 0 saturated heterocycles. The van der Waals surface area contributed by atoms with Gasteiger partial charge in [-0.3, -0.25) is 4.79 Å². The Labute approximate surface area is 160 Å². The molecule has 6 heteroatoms. The lowest BCUT2D eigenvalue weighted by atomic mass is 10.1. The lowest BCUT2D eigenvalue weighted by Crippen LogP contribution is -2.31. The zero-order valence-electron chi connectivity index (χ0n) is 16.1. The molecule has 146 valence electrons. The van der Waals surface area contributed by atoms with E-state index in [1.165, 1.54) is 0 Å². The Morgan fingerprint density at radius 1 is 1.19 bits per heavy atom. The van der Waals surface area contributed by atoms with Gasteiger partial charge in [0.25, 0.3) is 5.91 Å². The van der Waals surface area contributed by atoms with E-state index in [2.05, 4.69) is 10.6 Å². The predicted molar refractivity (Wildman–Crippen MR) is 106 cm³/mol. The van der Waals surface area contributed by atoms with Gasteiger partial charge in [0.2, 0.25) is 0 Å². The van der Waals surface area contributed by atoms with Crippen LogP contribution in [0.1, 0.15) is 24.5 Å². The number of ether oxygens (including phenoxy) is 2. The van der Waals surface area contributed by atoms with Crippen molar-refractivity contribution < 1.29 is 19.4 Å². The molecule has 0 radical (unpaired) electrons. The zero-order valence-corrected chi connectivity index (χ0v) is 16.1. The Balaban J connectivity index is 2.02. The van der Waals surface area contributed by atoms with Gasteiger partial charge in [0, 0.05) is 23.8 Å². The first kappa shape index (κ1) is 20.7. The summed E-state index contributed by atoms with van der Waals surface area (Å²) in [6, 6.07) is 13.2. The molecule has 1 amide bonds. The zero-order chi connectivity index (χ0) is 19.6. The van der Waals surface area contributed by atoms with Crippen LogP contribution in [-0.2, 0) is 11.3 Å². The number of benzene rings is 2. The summed E-state index contributed by atoms with van der Waals surface area (Å²) in [6.07, 6.45) is 0.815. The number of aryl methyl sites for hydroxylation is 1. The Hall–Kier alpha value is -2.57. The molecule has 3 N–H and O–H groups in total. The fraction of sp³-hybridized carbons (Fsp3) is 0.381. The van der Waals surface area contributed by atoms with Gasteiger partial charge in [0.15, 0.2) is 18.1 Å². The first-order valence-corrected chi connectivity index (χ1v) is 9.06. The van der Waals surface area contributed by atoms with Crippen LogP contribution in [0.15, 0.2) is 42.5 Å². The highest BCUT2D eigenvalue weighted by Gasteiger charge is 2.14. The summed E-state index contributed by atoms with van der Waals surface area (Å²) < 4.78 is 11.2. The molecule has 0 spiro atoms. The van der Waals surface area contributed by atoms with Crippen molar-refractivity contribution in [3.63, 3.8) is 0 Å². The van der Waals surface area contributed by atoms with Crippen LogP contribution in [0, 0.1) is 6.92 Å². The monoisotopic (exact) mass is 372 g/mol. The Bertz CT molecular complexity index is 727. The third-order valence-corrected chi connectivity index (χ3v) is 4.26. The van der Waals surface area contributed by atoms with Gasteiger partial charge in [-0.05, 0) is 31.5 Å². The number of anilines is 1. The van der Waals surface area contributed by atoms with E-state index in [0.29, 0.717) is 18.0 Å². The highest BCUT2D eigenvalue weighted by molar-refractivity contribution is 5.91. The molecule has 0 unspecified atom stereocenters. The van der Waals surface area contributed by atoms with Crippen LogP contribution in [0.4, 0.5) is 5.69 Å². The molecule has 2 rings (SSSR count). The number of carbonyl (C=O) groups is 1. The lowest BCUT2D eigenvalue weighted by molar-refractivity contribution is -0.118. The molecule has 0 fully saturated rings. The molecule has 0 aliphatic rings. The molecule has 2 aromatic rings. The van der Waals surface area contributed by atoms with E-state index >= 15 is 0 Å². The SMILES string of the molecule is CC[C@H](CO)NCc1cccc(OC)c1OCC(=O)Nc1ccc(C)cc1. The molecule has 27 heavy (non-hydrogen) atoms. The fourth-order valence-electron chi connectivity index (χ4n) is 2.59. The van der Waals surface area contributed by atoms with E-state index in [4.69, 9.17) is 9.47 Å². The molecule has 6 nitrogen and oxygen atoms in total. The molecule has 0 aromatic heterocycles. The van der Waals surface area contributed by atoms with Gasteiger partial charge in [-0.15, -0.1) is 0 Å². The number of hydrogen-bond acceptors (Lipinski definition) is 5. The standard InChI is InChI=1S/C21H28N2O4/c1-4-17(13-24)22-12-16-6-5-7-19(26-3)21(16)27-14-20(25)23-18-10-8-15(2)9-11-18/h5-11,17,22,24H,4,12-14H2,1-3H3,(H,23,25)/t17-/m1/s1. The van der Waals surface area contributed by atoms with E-state index in [0.717, 1.165) is 23.2 Å². The van der Waals surface area contributed by atoms with Crippen LogP contribution in [0.3, 0.4) is 0 Å². The van der Waals surface area contributed by atoms with Crippen molar-refractivity contribution in [3.8, 4) is 11.5 Å². The minimum atomic E-state index is -0.245. The van der Waals surface area contributed by atoms with Crippen molar-refractivity contribution in [2.24, 2.45) is 0 Å². The van der Waals surface area contributed by atoms with Gasteiger partial charge >= 0.3 is 0 Å². The summed E-state index contributed by atoms with van der Waals surface area (Å²) in [6.45, 7) is 4.44. The molecule has 1 atom stereocenters. The average Bonchev–Trinajstić information content (AvgIpc) is 2.69.